The summed E-state index contributed by atoms with van der Waals surface area (Å²) in [6.07, 6.45) is 0. The van der Waals surface area contributed by atoms with Crippen molar-refractivity contribution >= 4 is 44.8 Å². The number of anilines is 2. The minimum absolute atomic E-state index is 0.0457. The molecular formula is C31H30ClN3O5S. The van der Waals surface area contributed by atoms with Crippen molar-refractivity contribution in [3.63, 3.8) is 0 Å². The molecule has 0 radical (unpaired) electrons. The maximum absolute atomic E-state index is 13.8. The molecule has 1 unspecified atom stereocenters. The quantitative estimate of drug-likeness (QED) is 0.220. The molecule has 1 atom stereocenters. The third kappa shape index (κ3) is 7.25. The molecule has 4 aromatic carbocycles. The van der Waals surface area contributed by atoms with E-state index in [1.54, 1.807) is 55.5 Å². The van der Waals surface area contributed by atoms with Gasteiger partial charge in [-0.25, -0.2) is 8.42 Å². The summed E-state index contributed by atoms with van der Waals surface area (Å²) in [5.41, 5.74) is 1.61. The topological polar surface area (TPSA) is 105 Å². The highest BCUT2D eigenvalue weighted by atomic mass is 35.5. The standard InChI is InChI=1S/C31H30ClN3O5S/c1-3-40-29-16-10-9-15-28(29)35(41(38,39)25-19-17-24(32)18-20-25)21-30(36)34-27-14-8-7-13-26(27)31(37)33-22(2)23-11-5-4-6-12-23/h4-20,22H,3,21H2,1-2H3,(H,33,37)(H,34,36). The second-order valence-corrected chi connectivity index (χ2v) is 11.4. The van der Waals surface area contributed by atoms with Gasteiger partial charge in [-0.1, -0.05) is 66.2 Å². The molecule has 4 aromatic rings. The lowest BCUT2D eigenvalue weighted by atomic mass is 10.1. The van der Waals surface area contributed by atoms with Crippen molar-refractivity contribution < 1.29 is 22.7 Å². The van der Waals surface area contributed by atoms with Gasteiger partial charge in [-0.3, -0.25) is 13.9 Å². The molecule has 0 spiro atoms. The lowest BCUT2D eigenvalue weighted by Crippen LogP contribution is -2.38. The van der Waals surface area contributed by atoms with Gasteiger partial charge >= 0.3 is 0 Å². The zero-order valence-corrected chi connectivity index (χ0v) is 24.2. The number of sulfonamides is 1. The molecule has 0 saturated carbocycles. The number of nitrogens with zero attached hydrogens (tertiary/aromatic N) is 1. The number of hydrogen-bond acceptors (Lipinski definition) is 5. The summed E-state index contributed by atoms with van der Waals surface area (Å²) in [7, 11) is -4.22. The number of nitrogens with one attached hydrogen (secondary N) is 2. The Morgan fingerprint density at radius 3 is 2.22 bits per heavy atom. The molecule has 0 aliphatic heterocycles. The van der Waals surface area contributed by atoms with Crippen LogP contribution in [0.4, 0.5) is 11.4 Å². The van der Waals surface area contributed by atoms with Crippen LogP contribution in [0.15, 0.2) is 108 Å². The van der Waals surface area contributed by atoms with E-state index in [0.717, 1.165) is 9.87 Å². The number of carbonyl (C=O) groups is 2. The van der Waals surface area contributed by atoms with Crippen molar-refractivity contribution in [1.82, 2.24) is 5.32 Å². The highest BCUT2D eigenvalue weighted by molar-refractivity contribution is 7.92. The van der Waals surface area contributed by atoms with Gasteiger partial charge < -0.3 is 15.4 Å². The van der Waals surface area contributed by atoms with Crippen molar-refractivity contribution in [3.05, 3.63) is 119 Å². The molecule has 0 aromatic heterocycles. The van der Waals surface area contributed by atoms with Crippen LogP contribution in [0, 0.1) is 0 Å². The monoisotopic (exact) mass is 591 g/mol. The van der Waals surface area contributed by atoms with Crippen LogP contribution in [0.25, 0.3) is 0 Å². The Kier molecular flexibility index (Phi) is 9.65. The zero-order valence-electron chi connectivity index (χ0n) is 22.6. The molecular weight excluding hydrogens is 562 g/mol. The Bertz CT molecular complexity index is 1610. The Morgan fingerprint density at radius 2 is 1.51 bits per heavy atom. The first-order valence-corrected chi connectivity index (χ1v) is 14.8. The van der Waals surface area contributed by atoms with Gasteiger partial charge in [0.25, 0.3) is 15.9 Å². The fraction of sp³-hybridized carbons (Fsp3) is 0.161. The van der Waals surface area contributed by atoms with Crippen LogP contribution >= 0.6 is 11.6 Å². The van der Waals surface area contributed by atoms with Gasteiger partial charge in [-0.2, -0.15) is 0 Å². The normalized spacial score (nSPS) is 11.8. The van der Waals surface area contributed by atoms with Gasteiger partial charge in [0, 0.05) is 5.02 Å². The van der Waals surface area contributed by atoms with E-state index in [1.807, 2.05) is 37.3 Å². The van der Waals surface area contributed by atoms with E-state index in [9.17, 15) is 18.0 Å². The fourth-order valence-corrected chi connectivity index (χ4v) is 5.74. The van der Waals surface area contributed by atoms with Crippen molar-refractivity contribution in [2.45, 2.75) is 24.8 Å². The molecule has 212 valence electrons. The number of halogens is 1. The summed E-state index contributed by atoms with van der Waals surface area (Å²) >= 11 is 5.98. The number of hydrogen-bond donors (Lipinski definition) is 2. The maximum atomic E-state index is 13.8. The van der Waals surface area contributed by atoms with E-state index in [1.165, 1.54) is 24.3 Å². The minimum Gasteiger partial charge on any atom is -0.492 e. The van der Waals surface area contributed by atoms with Crippen molar-refractivity contribution in [2.75, 3.05) is 22.8 Å². The number of rotatable bonds is 11. The van der Waals surface area contributed by atoms with E-state index in [0.29, 0.717) is 17.4 Å². The van der Waals surface area contributed by atoms with Gasteiger partial charge in [-0.15, -0.1) is 0 Å². The largest absolute Gasteiger partial charge is 0.492 e. The molecule has 0 aliphatic rings. The van der Waals surface area contributed by atoms with E-state index < -0.39 is 22.5 Å². The van der Waals surface area contributed by atoms with Gasteiger partial charge in [-0.05, 0) is 67.9 Å². The first-order chi connectivity index (χ1) is 19.7. The number of para-hydroxylation sites is 3. The molecule has 2 N–H and O–H groups in total. The van der Waals surface area contributed by atoms with Crippen LogP contribution in [0.2, 0.25) is 5.02 Å². The highest BCUT2D eigenvalue weighted by Gasteiger charge is 2.30. The summed E-state index contributed by atoms with van der Waals surface area (Å²) in [6.45, 7) is 3.36. The minimum atomic E-state index is -4.22. The van der Waals surface area contributed by atoms with E-state index >= 15 is 0 Å². The zero-order chi connectivity index (χ0) is 29.4. The van der Waals surface area contributed by atoms with E-state index in [2.05, 4.69) is 10.6 Å². The average Bonchev–Trinajstić information content (AvgIpc) is 2.97. The molecule has 0 saturated heterocycles. The van der Waals surface area contributed by atoms with Crippen molar-refractivity contribution in [3.8, 4) is 5.75 Å². The van der Waals surface area contributed by atoms with Crippen LogP contribution in [-0.2, 0) is 14.8 Å². The number of ether oxygens (including phenoxy) is 1. The molecule has 0 fully saturated rings. The number of amides is 2. The Hall–Kier alpha value is -4.34. The Labute approximate surface area is 245 Å². The second kappa shape index (κ2) is 13.3. The lowest BCUT2D eigenvalue weighted by Gasteiger charge is -2.26. The van der Waals surface area contributed by atoms with Gasteiger partial charge in [0.15, 0.2) is 0 Å². The van der Waals surface area contributed by atoms with Crippen LogP contribution in [0.5, 0.6) is 5.75 Å². The molecule has 2 amide bonds. The summed E-state index contributed by atoms with van der Waals surface area (Å²) in [6, 6.07) is 28.0. The molecule has 8 nitrogen and oxygen atoms in total. The molecule has 4 rings (SSSR count). The summed E-state index contributed by atoms with van der Waals surface area (Å²) in [5, 5.41) is 6.04. The number of benzene rings is 4. The molecule has 0 aliphatic carbocycles. The van der Waals surface area contributed by atoms with Crippen LogP contribution in [0.3, 0.4) is 0 Å². The Morgan fingerprint density at radius 1 is 0.878 bits per heavy atom. The van der Waals surface area contributed by atoms with Gasteiger partial charge in [0.2, 0.25) is 5.91 Å². The summed E-state index contributed by atoms with van der Waals surface area (Å²) < 4.78 is 34.3. The maximum Gasteiger partial charge on any atom is 0.264 e. The van der Waals surface area contributed by atoms with E-state index in [-0.39, 0.29) is 33.8 Å². The van der Waals surface area contributed by atoms with Crippen molar-refractivity contribution in [1.29, 1.82) is 0 Å². The van der Waals surface area contributed by atoms with Crippen LogP contribution in [0.1, 0.15) is 35.8 Å². The Balaban J connectivity index is 1.62. The van der Waals surface area contributed by atoms with Crippen LogP contribution < -0.4 is 19.7 Å². The predicted molar refractivity (Wildman–Crippen MR) is 161 cm³/mol. The molecule has 10 heteroatoms. The molecule has 0 bridgehead atoms. The third-order valence-electron chi connectivity index (χ3n) is 6.22. The SMILES string of the molecule is CCOc1ccccc1N(CC(=O)Nc1ccccc1C(=O)NC(C)c1ccccc1)S(=O)(=O)c1ccc(Cl)cc1. The van der Waals surface area contributed by atoms with Crippen molar-refractivity contribution in [2.24, 2.45) is 0 Å². The summed E-state index contributed by atoms with van der Waals surface area (Å²) in [5.74, 6) is -0.732. The lowest BCUT2D eigenvalue weighted by molar-refractivity contribution is -0.114. The predicted octanol–water partition coefficient (Wildman–Crippen LogP) is 6.06. The summed E-state index contributed by atoms with van der Waals surface area (Å²) in [4.78, 5) is 26.5. The second-order valence-electron chi connectivity index (χ2n) is 9.07. The van der Waals surface area contributed by atoms with Gasteiger partial charge in [0.1, 0.15) is 12.3 Å². The fourth-order valence-electron chi connectivity index (χ4n) is 4.18. The first kappa shape index (κ1) is 29.6. The van der Waals surface area contributed by atoms with E-state index in [4.69, 9.17) is 16.3 Å². The first-order valence-electron chi connectivity index (χ1n) is 13.0. The van der Waals surface area contributed by atoms with Crippen LogP contribution in [-0.4, -0.2) is 33.4 Å². The highest BCUT2D eigenvalue weighted by Crippen LogP contribution is 2.33. The number of carbonyl (C=O) groups excluding carboxylic acids is 2. The smallest absolute Gasteiger partial charge is 0.264 e. The van der Waals surface area contributed by atoms with Gasteiger partial charge in [0.05, 0.1) is 34.5 Å². The molecule has 0 heterocycles. The molecule has 41 heavy (non-hydrogen) atoms. The third-order valence-corrected chi connectivity index (χ3v) is 8.24. The average molecular weight is 592 g/mol.